The Morgan fingerprint density at radius 1 is 1.15 bits per heavy atom. The molecule has 1 aromatic heterocycles. The molecule has 10 nitrogen and oxygen atoms in total. The van der Waals surface area contributed by atoms with E-state index in [1.807, 2.05) is 6.92 Å². The predicted molar refractivity (Wildman–Crippen MR) is 122 cm³/mol. The van der Waals surface area contributed by atoms with E-state index in [1.165, 1.54) is 38.5 Å². The molecule has 34 heavy (non-hydrogen) atoms. The third kappa shape index (κ3) is 4.78. The van der Waals surface area contributed by atoms with E-state index in [2.05, 4.69) is 0 Å². The number of rotatable bonds is 10. The number of aliphatic hydroxyl groups excluding tert-OH is 2. The number of phenolic OH excluding ortho intramolecular Hbond substituents is 1. The van der Waals surface area contributed by atoms with E-state index >= 15 is 0 Å². The summed E-state index contributed by atoms with van der Waals surface area (Å²) in [6, 6.07) is 5.27. The molecular weight excluding hydrogens is 448 g/mol. The average Bonchev–Trinajstić information content (AvgIpc) is 2.81. The molecule has 4 N–H and O–H groups in total. The molecule has 2 aromatic carbocycles. The van der Waals surface area contributed by atoms with Crippen LogP contribution in [0.25, 0.3) is 22.3 Å². The SMILES string of the molecule is CCCc1c(-c2cc(=O)c3c(O)cc(OCC(O)CO)cc3o2)cc(OC)c(OC)c1C(=O)O. The summed E-state index contributed by atoms with van der Waals surface area (Å²) in [5.74, 6) is -1.24. The van der Waals surface area contributed by atoms with Crippen LogP contribution in [0.4, 0.5) is 0 Å². The van der Waals surface area contributed by atoms with Crippen molar-refractivity contribution in [1.29, 1.82) is 0 Å². The molecule has 10 heteroatoms. The standard InChI is InChI=1S/C24H26O10/c1-4-5-14-15(8-20(31-2)23(32-3)21(14)24(29)30)18-9-17(28)22-16(27)6-13(7-19(22)34-18)33-11-12(26)10-25/h6-9,12,25-27H,4-5,10-11H2,1-3H3,(H,29,30). The van der Waals surface area contributed by atoms with Crippen molar-refractivity contribution in [2.45, 2.75) is 25.9 Å². The molecule has 0 bridgehead atoms. The van der Waals surface area contributed by atoms with Crippen LogP contribution < -0.4 is 19.6 Å². The van der Waals surface area contributed by atoms with E-state index in [-0.39, 0.29) is 46.1 Å². The second-order valence-corrected chi connectivity index (χ2v) is 7.51. The lowest BCUT2D eigenvalue weighted by Gasteiger charge is -2.18. The van der Waals surface area contributed by atoms with Crippen molar-refractivity contribution in [3.8, 4) is 34.3 Å². The Balaban J connectivity index is 2.28. The molecule has 0 saturated carbocycles. The van der Waals surface area contributed by atoms with Crippen LogP contribution in [-0.2, 0) is 6.42 Å². The van der Waals surface area contributed by atoms with Crippen LogP contribution in [0.3, 0.4) is 0 Å². The Morgan fingerprint density at radius 2 is 1.88 bits per heavy atom. The number of methoxy groups -OCH3 is 2. The van der Waals surface area contributed by atoms with Gasteiger partial charge in [0.1, 0.15) is 46.5 Å². The zero-order valence-electron chi connectivity index (χ0n) is 19.0. The van der Waals surface area contributed by atoms with E-state index in [4.69, 9.17) is 23.7 Å². The van der Waals surface area contributed by atoms with Crippen LogP contribution in [0, 0.1) is 0 Å². The number of aromatic hydroxyl groups is 1. The molecule has 1 atom stereocenters. The molecule has 0 aliphatic heterocycles. The van der Waals surface area contributed by atoms with Crippen LogP contribution in [0.15, 0.2) is 33.5 Å². The normalized spacial score (nSPS) is 11.9. The number of aliphatic hydroxyl groups is 2. The average molecular weight is 474 g/mol. The molecule has 0 saturated heterocycles. The van der Waals surface area contributed by atoms with Gasteiger partial charge in [-0.3, -0.25) is 4.79 Å². The Labute approximate surface area is 194 Å². The van der Waals surface area contributed by atoms with Gasteiger partial charge in [-0.15, -0.1) is 0 Å². The van der Waals surface area contributed by atoms with Gasteiger partial charge in [0.15, 0.2) is 16.9 Å². The van der Waals surface area contributed by atoms with Crippen LogP contribution >= 0.6 is 0 Å². The smallest absolute Gasteiger partial charge is 0.339 e. The number of aromatic carboxylic acids is 1. The topological polar surface area (TPSA) is 156 Å². The zero-order valence-corrected chi connectivity index (χ0v) is 19.0. The summed E-state index contributed by atoms with van der Waals surface area (Å²) in [7, 11) is 2.71. The monoisotopic (exact) mass is 474 g/mol. The van der Waals surface area contributed by atoms with Gasteiger partial charge < -0.3 is 39.1 Å². The molecule has 3 rings (SSSR count). The van der Waals surface area contributed by atoms with Gasteiger partial charge in [-0.2, -0.15) is 0 Å². The van der Waals surface area contributed by atoms with E-state index < -0.39 is 29.9 Å². The van der Waals surface area contributed by atoms with Crippen LogP contribution in [0.2, 0.25) is 0 Å². The quantitative estimate of drug-likeness (QED) is 0.344. The second-order valence-electron chi connectivity index (χ2n) is 7.51. The minimum atomic E-state index is -1.22. The number of fused-ring (bicyclic) bond motifs is 1. The lowest BCUT2D eigenvalue weighted by molar-refractivity contribution is 0.0535. The highest BCUT2D eigenvalue weighted by Crippen LogP contribution is 2.41. The first-order valence-corrected chi connectivity index (χ1v) is 10.5. The Bertz CT molecular complexity index is 1260. The lowest BCUT2D eigenvalue weighted by atomic mass is 9.93. The summed E-state index contributed by atoms with van der Waals surface area (Å²) < 4.78 is 21.9. The molecule has 182 valence electrons. The van der Waals surface area contributed by atoms with Gasteiger partial charge in [0.25, 0.3) is 0 Å². The molecule has 0 amide bonds. The van der Waals surface area contributed by atoms with Crippen molar-refractivity contribution in [3.63, 3.8) is 0 Å². The molecule has 0 aliphatic carbocycles. The fourth-order valence-corrected chi connectivity index (χ4v) is 3.69. The third-order valence-electron chi connectivity index (χ3n) is 5.19. The van der Waals surface area contributed by atoms with Gasteiger partial charge in [0, 0.05) is 23.8 Å². The van der Waals surface area contributed by atoms with E-state index in [1.54, 1.807) is 0 Å². The van der Waals surface area contributed by atoms with E-state index in [9.17, 15) is 24.9 Å². The maximum atomic E-state index is 12.9. The Morgan fingerprint density at radius 3 is 2.47 bits per heavy atom. The van der Waals surface area contributed by atoms with Crippen molar-refractivity contribution in [1.82, 2.24) is 0 Å². The van der Waals surface area contributed by atoms with Gasteiger partial charge in [0.05, 0.1) is 20.8 Å². The summed E-state index contributed by atoms with van der Waals surface area (Å²) in [6.07, 6.45) is -0.173. The van der Waals surface area contributed by atoms with Crippen molar-refractivity contribution < 1.29 is 43.8 Å². The molecule has 0 spiro atoms. The minimum absolute atomic E-state index is 0.00917. The van der Waals surface area contributed by atoms with Crippen molar-refractivity contribution >= 4 is 16.9 Å². The molecule has 0 fully saturated rings. The van der Waals surface area contributed by atoms with Crippen molar-refractivity contribution in [3.05, 3.63) is 45.6 Å². The van der Waals surface area contributed by atoms with Crippen LogP contribution in [0.5, 0.6) is 23.0 Å². The van der Waals surface area contributed by atoms with Gasteiger partial charge in [-0.25, -0.2) is 4.79 Å². The van der Waals surface area contributed by atoms with Crippen LogP contribution in [0.1, 0.15) is 29.3 Å². The van der Waals surface area contributed by atoms with Gasteiger partial charge in [-0.1, -0.05) is 13.3 Å². The number of hydrogen-bond acceptors (Lipinski definition) is 9. The van der Waals surface area contributed by atoms with E-state index in [0.717, 1.165) is 0 Å². The summed E-state index contributed by atoms with van der Waals surface area (Å²) in [6.45, 7) is 1.12. The number of benzene rings is 2. The summed E-state index contributed by atoms with van der Waals surface area (Å²) in [4.78, 5) is 25.0. The molecular formula is C24H26O10. The number of ether oxygens (including phenoxy) is 3. The molecule has 3 aromatic rings. The summed E-state index contributed by atoms with van der Waals surface area (Å²) in [5.41, 5.74) is 0.0736. The predicted octanol–water partition coefficient (Wildman–Crippen LogP) is 2.57. The maximum Gasteiger partial charge on any atom is 0.339 e. The van der Waals surface area contributed by atoms with Crippen LogP contribution in [-0.4, -0.2) is 59.9 Å². The number of carbonyl (C=O) groups is 1. The largest absolute Gasteiger partial charge is 0.507 e. The van der Waals surface area contributed by atoms with Crippen molar-refractivity contribution in [2.24, 2.45) is 0 Å². The van der Waals surface area contributed by atoms with Gasteiger partial charge >= 0.3 is 5.97 Å². The molecule has 0 radical (unpaired) electrons. The third-order valence-corrected chi connectivity index (χ3v) is 5.19. The Kier molecular flexibility index (Phi) is 7.64. The molecule has 1 heterocycles. The van der Waals surface area contributed by atoms with Crippen molar-refractivity contribution in [2.75, 3.05) is 27.4 Å². The minimum Gasteiger partial charge on any atom is -0.507 e. The molecule has 0 aliphatic rings. The first-order chi connectivity index (χ1) is 16.2. The van der Waals surface area contributed by atoms with E-state index in [0.29, 0.717) is 24.0 Å². The van der Waals surface area contributed by atoms with Gasteiger partial charge in [0.2, 0.25) is 0 Å². The summed E-state index contributed by atoms with van der Waals surface area (Å²) >= 11 is 0. The fourth-order valence-electron chi connectivity index (χ4n) is 3.69. The number of hydrogen-bond donors (Lipinski definition) is 4. The molecule has 1 unspecified atom stereocenters. The number of carboxylic acid groups (broad SMARTS) is 1. The number of carboxylic acids is 1. The second kappa shape index (κ2) is 10.4. The zero-order chi connectivity index (χ0) is 25.0. The maximum absolute atomic E-state index is 12.9. The highest BCUT2D eigenvalue weighted by molar-refractivity contribution is 5.97. The first-order valence-electron chi connectivity index (χ1n) is 10.5. The number of phenols is 1. The van der Waals surface area contributed by atoms with Gasteiger partial charge in [-0.05, 0) is 18.1 Å². The summed E-state index contributed by atoms with van der Waals surface area (Å²) in [5, 5.41) is 38.6. The highest BCUT2D eigenvalue weighted by atomic mass is 16.5. The fraction of sp³-hybridized carbons (Fsp3) is 0.333. The Hall–Kier alpha value is -3.76. The lowest BCUT2D eigenvalue weighted by Crippen LogP contribution is -2.21. The highest BCUT2D eigenvalue weighted by Gasteiger charge is 2.26. The first kappa shape index (κ1) is 24.9.